The molecule has 1 N–H and O–H groups in total. The highest BCUT2D eigenvalue weighted by molar-refractivity contribution is 7.92. The minimum absolute atomic E-state index is 0.141. The number of amides is 2. The number of carbonyl (C=O) groups is 2. The summed E-state index contributed by atoms with van der Waals surface area (Å²) < 4.78 is 68.7. The van der Waals surface area contributed by atoms with E-state index in [2.05, 4.69) is 5.32 Å². The number of carbonyl (C=O) groups excluding carboxylic acids is 2. The zero-order valence-electron chi connectivity index (χ0n) is 22.1. The van der Waals surface area contributed by atoms with Gasteiger partial charge in [0.2, 0.25) is 11.8 Å². The molecule has 0 unspecified atom stereocenters. The predicted molar refractivity (Wildman–Crippen MR) is 147 cm³/mol. The number of hydrogen-bond donors (Lipinski definition) is 1. The van der Waals surface area contributed by atoms with Crippen LogP contribution in [0.2, 0.25) is 5.02 Å². The lowest BCUT2D eigenvalue weighted by atomic mass is 10.1. The van der Waals surface area contributed by atoms with Gasteiger partial charge < -0.3 is 10.2 Å². The molecule has 0 aromatic heterocycles. The van der Waals surface area contributed by atoms with E-state index in [1.54, 1.807) is 50.2 Å². The van der Waals surface area contributed by atoms with E-state index in [-0.39, 0.29) is 23.7 Å². The molecule has 0 fully saturated rings. The third kappa shape index (κ3) is 7.33. The molecule has 0 saturated carbocycles. The number of nitrogens with zero attached hydrogens (tertiary/aromatic N) is 2. The lowest BCUT2D eigenvalue weighted by Gasteiger charge is -2.32. The molecule has 40 heavy (non-hydrogen) atoms. The fourth-order valence-corrected chi connectivity index (χ4v) is 5.52. The number of aryl methyl sites for hydroxylation is 1. The number of rotatable bonds is 10. The number of nitrogens with one attached hydrogen (secondary N) is 1. The number of benzene rings is 3. The zero-order chi connectivity index (χ0) is 29.7. The Balaban J connectivity index is 2.10. The molecule has 0 spiro atoms. The Hall–Kier alpha value is -3.57. The topological polar surface area (TPSA) is 86.8 Å². The van der Waals surface area contributed by atoms with Crippen LogP contribution in [0.4, 0.5) is 18.9 Å². The summed E-state index contributed by atoms with van der Waals surface area (Å²) in [5.41, 5.74) is -0.166. The lowest BCUT2D eigenvalue weighted by Crippen LogP contribution is -2.51. The Morgan fingerprint density at radius 3 is 2.25 bits per heavy atom. The average Bonchev–Trinajstić information content (AvgIpc) is 2.90. The van der Waals surface area contributed by atoms with Crippen molar-refractivity contribution >= 4 is 39.1 Å². The fraction of sp³-hybridized carbons (Fsp3) is 0.286. The van der Waals surface area contributed by atoms with Gasteiger partial charge >= 0.3 is 6.18 Å². The van der Waals surface area contributed by atoms with Crippen molar-refractivity contribution in [2.75, 3.05) is 17.4 Å². The summed E-state index contributed by atoms with van der Waals surface area (Å²) in [6.45, 7) is 4.20. The van der Waals surface area contributed by atoms with E-state index in [9.17, 15) is 31.2 Å². The summed E-state index contributed by atoms with van der Waals surface area (Å²) in [4.78, 5) is 27.5. The monoisotopic (exact) mass is 595 g/mol. The largest absolute Gasteiger partial charge is 0.416 e. The van der Waals surface area contributed by atoms with Crippen molar-refractivity contribution in [3.63, 3.8) is 0 Å². The van der Waals surface area contributed by atoms with Crippen molar-refractivity contribution in [2.45, 2.75) is 44.4 Å². The molecule has 0 aliphatic carbocycles. The summed E-state index contributed by atoms with van der Waals surface area (Å²) in [6, 6.07) is 15.0. The Kier molecular flexibility index (Phi) is 9.86. The SMILES string of the molecule is CCNC(=O)[C@@H](C)N(Cc1ccccc1Cl)C(=O)CN(c1cccc(C(F)(F)F)c1)S(=O)(=O)c1ccc(C)cc1. The third-order valence-electron chi connectivity index (χ3n) is 6.17. The van der Waals surface area contributed by atoms with Crippen LogP contribution in [0, 0.1) is 6.92 Å². The smallest absolute Gasteiger partial charge is 0.355 e. The number of halogens is 4. The third-order valence-corrected chi connectivity index (χ3v) is 8.32. The maximum Gasteiger partial charge on any atom is 0.416 e. The van der Waals surface area contributed by atoms with Gasteiger partial charge in [-0.25, -0.2) is 8.42 Å². The van der Waals surface area contributed by atoms with E-state index in [4.69, 9.17) is 11.6 Å². The molecule has 3 aromatic carbocycles. The van der Waals surface area contributed by atoms with E-state index in [1.807, 2.05) is 0 Å². The van der Waals surface area contributed by atoms with Crippen LogP contribution in [0.15, 0.2) is 77.7 Å². The summed E-state index contributed by atoms with van der Waals surface area (Å²) >= 11 is 6.29. The van der Waals surface area contributed by atoms with Gasteiger partial charge in [-0.15, -0.1) is 0 Å². The number of sulfonamides is 1. The normalized spacial score (nSPS) is 12.5. The zero-order valence-corrected chi connectivity index (χ0v) is 23.6. The molecule has 0 bridgehead atoms. The summed E-state index contributed by atoms with van der Waals surface area (Å²) in [6.07, 6.45) is -4.75. The van der Waals surface area contributed by atoms with Crippen molar-refractivity contribution in [1.29, 1.82) is 0 Å². The van der Waals surface area contributed by atoms with Gasteiger partial charge in [-0.3, -0.25) is 13.9 Å². The molecule has 0 aliphatic rings. The van der Waals surface area contributed by atoms with Crippen LogP contribution >= 0.6 is 11.6 Å². The van der Waals surface area contributed by atoms with Crippen LogP contribution in [-0.4, -0.2) is 44.3 Å². The minimum Gasteiger partial charge on any atom is -0.355 e. The highest BCUT2D eigenvalue weighted by atomic mass is 35.5. The van der Waals surface area contributed by atoms with E-state index < -0.39 is 46.2 Å². The van der Waals surface area contributed by atoms with E-state index in [0.717, 1.165) is 22.6 Å². The Bertz CT molecular complexity index is 1460. The fourth-order valence-electron chi connectivity index (χ4n) is 3.92. The van der Waals surface area contributed by atoms with Crippen LogP contribution in [0.3, 0.4) is 0 Å². The number of hydrogen-bond acceptors (Lipinski definition) is 4. The second kappa shape index (κ2) is 12.7. The Morgan fingerprint density at radius 2 is 1.65 bits per heavy atom. The van der Waals surface area contributed by atoms with Crippen molar-refractivity contribution in [1.82, 2.24) is 10.2 Å². The van der Waals surface area contributed by atoms with Crippen LogP contribution in [0.1, 0.15) is 30.5 Å². The molecule has 214 valence electrons. The standard InChI is InChI=1S/C28H29ClF3N3O4S/c1-4-33-27(37)20(3)34(17-21-8-5-6-11-25(21)29)26(36)18-35(23-10-7-9-22(16-23)28(30,31)32)40(38,39)24-14-12-19(2)13-15-24/h5-16,20H,4,17-18H2,1-3H3,(H,33,37)/t20-/m1/s1. The molecular formula is C28H29ClF3N3O4S. The average molecular weight is 596 g/mol. The first kappa shape index (κ1) is 31.0. The van der Waals surface area contributed by atoms with Crippen LogP contribution in [0.25, 0.3) is 0 Å². The van der Waals surface area contributed by atoms with Gasteiger partial charge in [0.25, 0.3) is 10.0 Å². The molecule has 0 radical (unpaired) electrons. The molecule has 2 amide bonds. The minimum atomic E-state index is -4.75. The molecule has 3 aromatic rings. The van der Waals surface area contributed by atoms with Crippen LogP contribution in [0.5, 0.6) is 0 Å². The molecule has 0 aliphatic heterocycles. The highest BCUT2D eigenvalue weighted by Crippen LogP contribution is 2.33. The number of anilines is 1. The summed E-state index contributed by atoms with van der Waals surface area (Å²) in [5.74, 6) is -1.30. The van der Waals surface area contributed by atoms with Crippen molar-refractivity contribution < 1.29 is 31.2 Å². The molecule has 12 heteroatoms. The van der Waals surface area contributed by atoms with Gasteiger partial charge in [0.05, 0.1) is 16.1 Å². The second-order valence-corrected chi connectivity index (χ2v) is 11.3. The van der Waals surface area contributed by atoms with Crippen molar-refractivity contribution in [3.8, 4) is 0 Å². The molecular weight excluding hydrogens is 567 g/mol. The molecule has 3 rings (SSSR count). The maximum absolute atomic E-state index is 13.8. The van der Waals surface area contributed by atoms with Gasteiger partial charge in [0, 0.05) is 18.1 Å². The lowest BCUT2D eigenvalue weighted by molar-refractivity contribution is -0.139. The second-order valence-electron chi connectivity index (χ2n) is 9.06. The Labute approximate surface area is 236 Å². The van der Waals surface area contributed by atoms with Crippen LogP contribution in [-0.2, 0) is 32.3 Å². The molecule has 1 atom stereocenters. The van der Waals surface area contributed by atoms with E-state index >= 15 is 0 Å². The Morgan fingerprint density at radius 1 is 1.00 bits per heavy atom. The van der Waals surface area contributed by atoms with Gasteiger partial charge in [-0.1, -0.05) is 53.6 Å². The van der Waals surface area contributed by atoms with Gasteiger partial charge in [-0.05, 0) is 62.7 Å². The molecule has 0 heterocycles. The first-order valence-electron chi connectivity index (χ1n) is 12.3. The first-order chi connectivity index (χ1) is 18.8. The number of alkyl halides is 3. The van der Waals surface area contributed by atoms with Crippen molar-refractivity contribution in [3.05, 3.63) is 94.5 Å². The van der Waals surface area contributed by atoms with Gasteiger partial charge in [0.1, 0.15) is 12.6 Å². The summed E-state index contributed by atoms with van der Waals surface area (Å²) in [7, 11) is -4.51. The van der Waals surface area contributed by atoms with Crippen molar-refractivity contribution in [2.24, 2.45) is 0 Å². The first-order valence-corrected chi connectivity index (χ1v) is 14.1. The van der Waals surface area contributed by atoms with Crippen LogP contribution < -0.4 is 9.62 Å². The van der Waals surface area contributed by atoms with E-state index in [0.29, 0.717) is 21.0 Å². The summed E-state index contributed by atoms with van der Waals surface area (Å²) in [5, 5.41) is 2.95. The molecule has 7 nitrogen and oxygen atoms in total. The number of likely N-dealkylation sites (N-methyl/N-ethyl adjacent to an activating group) is 1. The van der Waals surface area contributed by atoms with Gasteiger partial charge in [0.15, 0.2) is 0 Å². The van der Waals surface area contributed by atoms with E-state index in [1.165, 1.54) is 25.1 Å². The quantitative estimate of drug-likeness (QED) is 0.339. The van der Waals surface area contributed by atoms with Gasteiger partial charge in [-0.2, -0.15) is 13.2 Å². The molecule has 0 saturated heterocycles. The highest BCUT2D eigenvalue weighted by Gasteiger charge is 2.35. The maximum atomic E-state index is 13.8. The predicted octanol–water partition coefficient (Wildman–Crippen LogP) is 5.42.